The van der Waals surface area contributed by atoms with Crippen molar-refractivity contribution in [1.82, 2.24) is 4.31 Å². The highest BCUT2D eigenvalue weighted by Crippen LogP contribution is 2.37. The zero-order chi connectivity index (χ0) is 15.9. The van der Waals surface area contributed by atoms with Gasteiger partial charge in [0.25, 0.3) is 0 Å². The van der Waals surface area contributed by atoms with E-state index in [0.29, 0.717) is 6.61 Å². The van der Waals surface area contributed by atoms with Gasteiger partial charge in [-0.25, -0.2) is 8.42 Å². The maximum absolute atomic E-state index is 13.1. The van der Waals surface area contributed by atoms with Crippen LogP contribution in [0, 0.1) is 0 Å². The van der Waals surface area contributed by atoms with Gasteiger partial charge in [-0.1, -0.05) is 24.3 Å². The average molecular weight is 335 g/mol. The van der Waals surface area contributed by atoms with E-state index in [2.05, 4.69) is 12.1 Å². The van der Waals surface area contributed by atoms with E-state index in [1.165, 1.54) is 11.1 Å². The minimum Gasteiger partial charge on any atom is -0.377 e. The van der Waals surface area contributed by atoms with Crippen LogP contribution in [0.3, 0.4) is 0 Å². The second kappa shape index (κ2) is 6.19. The van der Waals surface area contributed by atoms with Crippen LogP contribution in [0.1, 0.15) is 43.2 Å². The second-order valence-electron chi connectivity index (χ2n) is 7.16. The number of rotatable bonds is 5. The Bertz CT molecular complexity index is 638. The maximum Gasteiger partial charge on any atom is 0.217 e. The number of ether oxygens (including phenoxy) is 1. The van der Waals surface area contributed by atoms with Gasteiger partial charge in [0.15, 0.2) is 0 Å². The number of sulfonamides is 1. The zero-order valence-electron chi connectivity index (χ0n) is 13.5. The highest BCUT2D eigenvalue weighted by atomic mass is 32.2. The first-order valence-electron chi connectivity index (χ1n) is 8.83. The molecule has 0 spiro atoms. The molecule has 2 fully saturated rings. The van der Waals surface area contributed by atoms with Gasteiger partial charge < -0.3 is 4.74 Å². The fraction of sp³-hybridized carbons (Fsp3) is 0.667. The Morgan fingerprint density at radius 3 is 2.26 bits per heavy atom. The molecule has 0 N–H and O–H groups in total. The summed E-state index contributed by atoms with van der Waals surface area (Å²) >= 11 is 0. The molecule has 1 atom stereocenters. The second-order valence-corrected chi connectivity index (χ2v) is 9.08. The molecule has 5 heteroatoms. The van der Waals surface area contributed by atoms with Crippen molar-refractivity contribution in [3.63, 3.8) is 0 Å². The van der Waals surface area contributed by atoms with Crippen molar-refractivity contribution < 1.29 is 13.2 Å². The third-order valence-corrected chi connectivity index (χ3v) is 7.32. The molecule has 23 heavy (non-hydrogen) atoms. The van der Waals surface area contributed by atoms with Gasteiger partial charge in [-0.2, -0.15) is 4.31 Å². The van der Waals surface area contributed by atoms with Gasteiger partial charge in [-0.05, 0) is 56.1 Å². The molecule has 0 aromatic heterocycles. The molecule has 1 saturated heterocycles. The third kappa shape index (κ3) is 3.32. The molecule has 1 aliphatic heterocycles. The predicted octanol–water partition coefficient (Wildman–Crippen LogP) is 2.52. The largest absolute Gasteiger partial charge is 0.377 e. The van der Waals surface area contributed by atoms with Gasteiger partial charge >= 0.3 is 0 Å². The van der Waals surface area contributed by atoms with Crippen molar-refractivity contribution in [3.05, 3.63) is 35.4 Å². The van der Waals surface area contributed by atoms with E-state index < -0.39 is 10.0 Å². The average Bonchev–Trinajstić information content (AvgIpc) is 3.25. The van der Waals surface area contributed by atoms with Crippen molar-refractivity contribution >= 4 is 10.0 Å². The van der Waals surface area contributed by atoms with Gasteiger partial charge in [0.2, 0.25) is 10.0 Å². The molecule has 4 rings (SSSR count). The van der Waals surface area contributed by atoms with Gasteiger partial charge in [-0.15, -0.1) is 0 Å². The predicted molar refractivity (Wildman–Crippen MR) is 89.9 cm³/mol. The molecule has 4 nitrogen and oxygen atoms in total. The molecule has 2 aliphatic carbocycles. The number of hydrogen-bond acceptors (Lipinski definition) is 3. The van der Waals surface area contributed by atoms with E-state index in [0.717, 1.165) is 44.9 Å². The quantitative estimate of drug-likeness (QED) is 0.831. The number of benzene rings is 1. The Morgan fingerprint density at radius 2 is 1.70 bits per heavy atom. The molecule has 1 aromatic carbocycles. The Hall–Kier alpha value is -0.910. The smallest absolute Gasteiger partial charge is 0.217 e. The Morgan fingerprint density at radius 1 is 1.00 bits per heavy atom. The van der Waals surface area contributed by atoms with Gasteiger partial charge in [0.05, 0.1) is 11.9 Å². The van der Waals surface area contributed by atoms with Gasteiger partial charge in [-0.3, -0.25) is 0 Å². The number of fused-ring (bicyclic) bond motifs is 1. The lowest BCUT2D eigenvalue weighted by Crippen LogP contribution is -2.46. The van der Waals surface area contributed by atoms with E-state index >= 15 is 0 Å². The van der Waals surface area contributed by atoms with Crippen LogP contribution < -0.4 is 0 Å². The van der Waals surface area contributed by atoms with E-state index in [1.807, 2.05) is 16.4 Å². The maximum atomic E-state index is 13.1. The normalized spacial score (nSPS) is 25.7. The van der Waals surface area contributed by atoms with Crippen LogP contribution in [-0.2, 0) is 27.6 Å². The fourth-order valence-corrected chi connectivity index (χ4v) is 6.23. The minimum atomic E-state index is -3.25. The molecule has 1 heterocycles. The van der Waals surface area contributed by atoms with Crippen molar-refractivity contribution in [1.29, 1.82) is 0 Å². The highest BCUT2D eigenvalue weighted by molar-refractivity contribution is 7.89. The lowest BCUT2D eigenvalue weighted by atomic mass is 10.1. The lowest BCUT2D eigenvalue weighted by molar-refractivity contribution is 0.0297. The molecule has 1 aromatic rings. The van der Waals surface area contributed by atoms with Crippen molar-refractivity contribution in [2.75, 3.05) is 12.4 Å². The van der Waals surface area contributed by atoms with E-state index in [1.54, 1.807) is 0 Å². The first-order valence-corrected chi connectivity index (χ1v) is 10.4. The molecule has 126 valence electrons. The Labute approximate surface area is 138 Å². The fourth-order valence-electron chi connectivity index (χ4n) is 4.06. The van der Waals surface area contributed by atoms with Crippen LogP contribution >= 0.6 is 0 Å². The minimum absolute atomic E-state index is 0.105. The number of hydrogen-bond donors (Lipinski definition) is 0. The zero-order valence-corrected chi connectivity index (χ0v) is 14.3. The van der Waals surface area contributed by atoms with Gasteiger partial charge in [0, 0.05) is 18.7 Å². The Kier molecular flexibility index (Phi) is 4.20. The van der Waals surface area contributed by atoms with E-state index in [9.17, 15) is 8.42 Å². The summed E-state index contributed by atoms with van der Waals surface area (Å²) in [6.07, 6.45) is 6.64. The van der Waals surface area contributed by atoms with Crippen LogP contribution in [0.15, 0.2) is 24.3 Å². The monoisotopic (exact) mass is 335 g/mol. The molecule has 0 bridgehead atoms. The van der Waals surface area contributed by atoms with Crippen molar-refractivity contribution in [2.45, 2.75) is 63.1 Å². The molecule has 1 saturated carbocycles. The van der Waals surface area contributed by atoms with Crippen LogP contribution in [0.2, 0.25) is 0 Å². The van der Waals surface area contributed by atoms with Crippen LogP contribution in [0.4, 0.5) is 0 Å². The molecule has 0 radical (unpaired) electrons. The third-order valence-electron chi connectivity index (χ3n) is 5.29. The summed E-state index contributed by atoms with van der Waals surface area (Å²) in [6.45, 7) is 0.707. The molecular weight excluding hydrogens is 310 g/mol. The first-order chi connectivity index (χ1) is 11.1. The summed E-state index contributed by atoms with van der Waals surface area (Å²) in [5, 5.41) is 0. The molecule has 3 aliphatic rings. The SMILES string of the molecule is O=S(=O)(CC1CCCCO1)N(C1CC1)C1Cc2ccccc2C1. The topological polar surface area (TPSA) is 46.6 Å². The lowest BCUT2D eigenvalue weighted by Gasteiger charge is -2.31. The summed E-state index contributed by atoms with van der Waals surface area (Å²) in [7, 11) is -3.25. The Balaban J connectivity index is 1.52. The summed E-state index contributed by atoms with van der Waals surface area (Å²) in [4.78, 5) is 0. The standard InChI is InChI=1S/C18H25NO3S/c20-23(21,13-18-7-3-4-10-22-18)19(16-8-9-16)17-11-14-5-1-2-6-15(14)12-17/h1-2,5-6,16-18H,3-4,7-13H2. The summed E-state index contributed by atoms with van der Waals surface area (Å²) < 4.78 is 33.7. The summed E-state index contributed by atoms with van der Waals surface area (Å²) in [6, 6.07) is 8.70. The summed E-state index contributed by atoms with van der Waals surface area (Å²) in [5.74, 6) is 0.163. The molecule has 0 amide bonds. The molecule has 1 unspecified atom stereocenters. The van der Waals surface area contributed by atoms with Crippen LogP contribution in [-0.4, -0.2) is 43.3 Å². The number of nitrogens with zero attached hydrogens (tertiary/aromatic N) is 1. The van der Waals surface area contributed by atoms with E-state index in [-0.39, 0.29) is 23.9 Å². The van der Waals surface area contributed by atoms with Crippen molar-refractivity contribution in [2.24, 2.45) is 0 Å². The van der Waals surface area contributed by atoms with Crippen LogP contribution in [0.5, 0.6) is 0 Å². The molecular formula is C18H25NO3S. The van der Waals surface area contributed by atoms with Gasteiger partial charge in [0.1, 0.15) is 0 Å². The van der Waals surface area contributed by atoms with Crippen LogP contribution in [0.25, 0.3) is 0 Å². The first kappa shape index (κ1) is 15.6. The van der Waals surface area contributed by atoms with E-state index in [4.69, 9.17) is 4.74 Å². The highest BCUT2D eigenvalue weighted by Gasteiger charge is 2.44. The van der Waals surface area contributed by atoms with Crippen molar-refractivity contribution in [3.8, 4) is 0 Å². The summed E-state index contributed by atoms with van der Waals surface area (Å²) in [5.41, 5.74) is 2.62.